The molecule has 38 heavy (non-hydrogen) atoms. The molecule has 8 nitrogen and oxygen atoms in total. The van der Waals surface area contributed by atoms with Crippen LogP contribution in [0.3, 0.4) is 0 Å². The summed E-state index contributed by atoms with van der Waals surface area (Å²) in [5.74, 6) is -1.76. The molecule has 3 heterocycles. The van der Waals surface area contributed by atoms with E-state index in [-0.39, 0.29) is 17.4 Å². The molecule has 2 N–H and O–H groups in total. The van der Waals surface area contributed by atoms with Crippen LogP contribution in [0.4, 0.5) is 14.9 Å². The number of rotatable bonds is 8. The van der Waals surface area contributed by atoms with Crippen LogP contribution in [0.1, 0.15) is 10.4 Å². The Kier molecular flexibility index (Phi) is 7.38. The minimum Gasteiger partial charge on any atom is -0.350 e. The summed E-state index contributed by atoms with van der Waals surface area (Å²) in [5, 5.41) is 7.66. The van der Waals surface area contributed by atoms with Crippen LogP contribution in [0.25, 0.3) is 17.0 Å². The Balaban J connectivity index is 1.30. The maximum atomic E-state index is 13.1. The third kappa shape index (κ3) is 5.68. The van der Waals surface area contributed by atoms with Crippen LogP contribution in [-0.2, 0) is 27.5 Å². The highest BCUT2D eigenvalue weighted by Gasteiger charge is 2.36. The van der Waals surface area contributed by atoms with Gasteiger partial charge < -0.3 is 15.2 Å². The van der Waals surface area contributed by atoms with Crippen LogP contribution < -0.4 is 10.6 Å². The fourth-order valence-corrected chi connectivity index (χ4v) is 5.46. The zero-order valence-electron chi connectivity index (χ0n) is 19.8. The van der Waals surface area contributed by atoms with E-state index in [4.69, 9.17) is 0 Å². The van der Waals surface area contributed by atoms with E-state index in [1.54, 1.807) is 28.2 Å². The molecule has 5 rings (SSSR count). The van der Waals surface area contributed by atoms with Gasteiger partial charge >= 0.3 is 0 Å². The van der Waals surface area contributed by atoms with E-state index in [9.17, 15) is 23.6 Å². The van der Waals surface area contributed by atoms with Crippen molar-refractivity contribution in [2.45, 2.75) is 13.1 Å². The van der Waals surface area contributed by atoms with Gasteiger partial charge in [0.15, 0.2) is 0 Å². The SMILES string of the molecule is O=C(Cn1cc(/C=C2\SC(=O)N(CC(=O)Nc3ccc(F)cc3)C2=O)c2ccccc21)NCc1cccs1. The van der Waals surface area contributed by atoms with Gasteiger partial charge in [-0.2, -0.15) is 0 Å². The number of thiophene rings is 1. The lowest BCUT2D eigenvalue weighted by Gasteiger charge is -2.12. The fraction of sp³-hybridized carbons (Fsp3) is 0.111. The highest BCUT2D eigenvalue weighted by atomic mass is 32.2. The van der Waals surface area contributed by atoms with E-state index in [1.807, 2.05) is 41.8 Å². The quantitative estimate of drug-likeness (QED) is 0.307. The lowest BCUT2D eigenvalue weighted by molar-refractivity contribution is -0.127. The number of para-hydroxylation sites is 1. The molecule has 0 bridgehead atoms. The third-order valence-electron chi connectivity index (χ3n) is 5.76. The molecule has 1 saturated heterocycles. The Morgan fingerprint density at radius 2 is 1.74 bits per heavy atom. The number of imide groups is 1. The summed E-state index contributed by atoms with van der Waals surface area (Å²) in [5.41, 5.74) is 1.84. The number of carbonyl (C=O) groups excluding carboxylic acids is 4. The summed E-state index contributed by atoms with van der Waals surface area (Å²) in [6.45, 7) is 0.0702. The first-order chi connectivity index (χ1) is 18.4. The number of fused-ring (bicyclic) bond motifs is 1. The summed E-state index contributed by atoms with van der Waals surface area (Å²) in [6.07, 6.45) is 3.37. The summed E-state index contributed by atoms with van der Waals surface area (Å²) in [4.78, 5) is 52.6. The summed E-state index contributed by atoms with van der Waals surface area (Å²) < 4.78 is 14.9. The van der Waals surface area contributed by atoms with Crippen molar-refractivity contribution in [1.29, 1.82) is 0 Å². The van der Waals surface area contributed by atoms with Gasteiger partial charge in [-0.1, -0.05) is 24.3 Å². The number of thioether (sulfide) groups is 1. The number of anilines is 1. The topological polar surface area (TPSA) is 101 Å². The molecule has 0 atom stereocenters. The molecule has 192 valence electrons. The first-order valence-electron chi connectivity index (χ1n) is 11.5. The molecule has 0 saturated carbocycles. The molecule has 0 unspecified atom stereocenters. The van der Waals surface area contributed by atoms with Crippen LogP contribution in [0, 0.1) is 5.82 Å². The molecule has 4 amide bonds. The molecule has 1 aliphatic rings. The average molecular weight is 549 g/mol. The Hall–Kier alpha value is -4.22. The maximum Gasteiger partial charge on any atom is 0.294 e. The Bertz CT molecular complexity index is 1560. The maximum absolute atomic E-state index is 13.1. The summed E-state index contributed by atoms with van der Waals surface area (Å²) in [6, 6.07) is 16.5. The fourth-order valence-electron chi connectivity index (χ4n) is 3.99. The molecular formula is C27H21FN4O4S2. The van der Waals surface area contributed by atoms with E-state index < -0.39 is 29.4 Å². The molecule has 11 heteroatoms. The number of amides is 4. The molecule has 1 fully saturated rings. The van der Waals surface area contributed by atoms with E-state index in [1.165, 1.54) is 24.3 Å². The molecule has 0 radical (unpaired) electrons. The summed E-state index contributed by atoms with van der Waals surface area (Å²) in [7, 11) is 0. The molecular weight excluding hydrogens is 527 g/mol. The standard InChI is InChI=1S/C27H21FN4O4S2/c28-18-7-9-19(10-8-18)30-25(34)16-32-26(35)23(38-27(32)36)12-17-14-31(22-6-2-1-5-21(17)22)15-24(33)29-13-20-4-3-11-37-20/h1-12,14H,13,15-16H2,(H,29,33)(H,30,34)/b23-12-. The normalized spacial score (nSPS) is 14.4. The lowest BCUT2D eigenvalue weighted by Crippen LogP contribution is -2.36. The predicted octanol–water partition coefficient (Wildman–Crippen LogP) is 4.83. The molecule has 2 aromatic heterocycles. The van der Waals surface area contributed by atoms with Gasteiger partial charge in [-0.25, -0.2) is 4.39 Å². The Morgan fingerprint density at radius 1 is 0.947 bits per heavy atom. The van der Waals surface area contributed by atoms with Gasteiger partial charge in [-0.3, -0.25) is 24.1 Å². The van der Waals surface area contributed by atoms with Crippen LogP contribution >= 0.6 is 23.1 Å². The zero-order valence-corrected chi connectivity index (χ0v) is 21.5. The van der Waals surface area contributed by atoms with Crippen molar-refractivity contribution in [1.82, 2.24) is 14.8 Å². The predicted molar refractivity (Wildman–Crippen MR) is 146 cm³/mol. The minimum absolute atomic E-state index is 0.0881. The zero-order chi connectivity index (χ0) is 26.6. The minimum atomic E-state index is -0.584. The monoisotopic (exact) mass is 548 g/mol. The Labute approximate surface area is 225 Å². The number of nitrogens with one attached hydrogen (secondary N) is 2. The van der Waals surface area contributed by atoms with E-state index in [0.717, 1.165) is 32.4 Å². The number of nitrogens with zero attached hydrogens (tertiary/aromatic N) is 2. The van der Waals surface area contributed by atoms with Gasteiger partial charge in [0.25, 0.3) is 11.1 Å². The van der Waals surface area contributed by atoms with Gasteiger partial charge in [-0.05, 0) is 59.6 Å². The number of benzene rings is 2. The largest absolute Gasteiger partial charge is 0.350 e. The molecule has 4 aromatic rings. The van der Waals surface area contributed by atoms with Gasteiger partial charge in [0.1, 0.15) is 18.9 Å². The third-order valence-corrected chi connectivity index (χ3v) is 7.55. The number of aromatic nitrogens is 1. The second kappa shape index (κ2) is 11.0. The first kappa shape index (κ1) is 25.4. The molecule has 1 aliphatic heterocycles. The van der Waals surface area contributed by atoms with Crippen LogP contribution in [-0.4, -0.2) is 39.0 Å². The number of hydrogen-bond donors (Lipinski definition) is 2. The van der Waals surface area contributed by atoms with Crippen LogP contribution in [0.5, 0.6) is 0 Å². The molecule has 2 aromatic carbocycles. The number of halogens is 1. The first-order valence-corrected chi connectivity index (χ1v) is 13.2. The highest BCUT2D eigenvalue weighted by molar-refractivity contribution is 8.18. The second-order valence-corrected chi connectivity index (χ2v) is 10.4. The van der Waals surface area contributed by atoms with Gasteiger partial charge in [-0.15, -0.1) is 11.3 Å². The highest BCUT2D eigenvalue weighted by Crippen LogP contribution is 2.34. The van der Waals surface area contributed by atoms with Gasteiger partial charge in [0, 0.05) is 33.2 Å². The molecule has 0 spiro atoms. The smallest absolute Gasteiger partial charge is 0.294 e. The van der Waals surface area contributed by atoms with Crippen molar-refractivity contribution in [3.63, 3.8) is 0 Å². The van der Waals surface area contributed by atoms with Crippen LogP contribution in [0.15, 0.2) is 77.1 Å². The number of carbonyl (C=O) groups is 4. The van der Waals surface area contributed by atoms with Gasteiger partial charge in [0.05, 0.1) is 11.4 Å². The van der Waals surface area contributed by atoms with E-state index in [0.29, 0.717) is 17.8 Å². The van der Waals surface area contributed by atoms with Crippen molar-refractivity contribution in [3.05, 3.63) is 93.4 Å². The van der Waals surface area contributed by atoms with Crippen molar-refractivity contribution >= 4 is 68.7 Å². The van der Waals surface area contributed by atoms with Crippen LogP contribution in [0.2, 0.25) is 0 Å². The van der Waals surface area contributed by atoms with Gasteiger partial charge in [0.2, 0.25) is 11.8 Å². The number of hydrogen-bond acceptors (Lipinski definition) is 6. The molecule has 0 aliphatic carbocycles. The second-order valence-electron chi connectivity index (χ2n) is 8.41. The average Bonchev–Trinajstić information content (AvgIpc) is 3.61. The lowest BCUT2D eigenvalue weighted by atomic mass is 10.1. The van der Waals surface area contributed by atoms with E-state index >= 15 is 0 Å². The van der Waals surface area contributed by atoms with Crippen molar-refractivity contribution in [3.8, 4) is 0 Å². The van der Waals surface area contributed by atoms with Crippen molar-refractivity contribution in [2.24, 2.45) is 0 Å². The van der Waals surface area contributed by atoms with Crippen molar-refractivity contribution < 1.29 is 23.6 Å². The van der Waals surface area contributed by atoms with E-state index in [2.05, 4.69) is 10.6 Å². The van der Waals surface area contributed by atoms with Crippen molar-refractivity contribution in [2.75, 3.05) is 11.9 Å². The Morgan fingerprint density at radius 3 is 2.50 bits per heavy atom. The summed E-state index contributed by atoms with van der Waals surface area (Å²) >= 11 is 2.31.